The molecule has 0 N–H and O–H groups in total. The molecule has 4 atom stereocenters. The second-order valence-corrected chi connectivity index (χ2v) is 10.0. The minimum absolute atomic E-state index is 0.354. The first kappa shape index (κ1) is 27.4. The van der Waals surface area contributed by atoms with Crippen LogP contribution in [0.15, 0.2) is 12.2 Å². The summed E-state index contributed by atoms with van der Waals surface area (Å²) in [5.41, 5.74) is 0. The zero-order chi connectivity index (χ0) is 22.0. The summed E-state index contributed by atoms with van der Waals surface area (Å²) >= 11 is 0. The fourth-order valence-electron chi connectivity index (χ4n) is 4.64. The topological polar surface area (TPSA) is 26.3 Å². The van der Waals surface area contributed by atoms with Gasteiger partial charge in [0.25, 0.3) is 0 Å². The Kier molecular flexibility index (Phi) is 16.4. The quantitative estimate of drug-likeness (QED) is 0.154. The highest BCUT2D eigenvalue weighted by Gasteiger charge is 2.34. The Morgan fingerprint density at radius 1 is 0.867 bits per heavy atom. The number of Topliss-reactive ketones (excluding diaryl/α,β-unsaturated/α-hetero) is 1. The van der Waals surface area contributed by atoms with Crippen LogP contribution in [0.2, 0.25) is 0 Å². The summed E-state index contributed by atoms with van der Waals surface area (Å²) in [4.78, 5) is 12.2. The van der Waals surface area contributed by atoms with Crippen LogP contribution >= 0.6 is 0 Å². The molecule has 0 aromatic rings. The van der Waals surface area contributed by atoms with Crippen LogP contribution in [0.1, 0.15) is 130 Å². The number of hydrogen-bond acceptors (Lipinski definition) is 2. The van der Waals surface area contributed by atoms with Gasteiger partial charge in [-0.15, -0.1) is 0 Å². The van der Waals surface area contributed by atoms with Gasteiger partial charge in [0.15, 0.2) is 0 Å². The van der Waals surface area contributed by atoms with Crippen molar-refractivity contribution >= 4 is 5.78 Å². The molecule has 1 heterocycles. The first-order chi connectivity index (χ1) is 14.6. The van der Waals surface area contributed by atoms with Crippen molar-refractivity contribution < 1.29 is 9.53 Å². The third-order valence-corrected chi connectivity index (χ3v) is 7.12. The molecule has 0 bridgehead atoms. The summed E-state index contributed by atoms with van der Waals surface area (Å²) in [5, 5.41) is 0. The maximum absolute atomic E-state index is 12.2. The lowest BCUT2D eigenvalue weighted by atomic mass is 9.85. The van der Waals surface area contributed by atoms with Crippen molar-refractivity contribution in [3.05, 3.63) is 12.2 Å². The van der Waals surface area contributed by atoms with Crippen molar-refractivity contribution in [2.75, 3.05) is 6.61 Å². The van der Waals surface area contributed by atoms with Crippen LogP contribution in [-0.2, 0) is 9.53 Å². The monoisotopic (exact) mass is 420 g/mol. The van der Waals surface area contributed by atoms with Gasteiger partial charge in [-0.05, 0) is 56.3 Å². The highest BCUT2D eigenvalue weighted by molar-refractivity contribution is 5.78. The lowest BCUT2D eigenvalue weighted by Gasteiger charge is -2.23. The smallest absolute Gasteiger partial charge is 0.132 e. The van der Waals surface area contributed by atoms with Gasteiger partial charge < -0.3 is 4.74 Å². The Morgan fingerprint density at radius 3 is 2.00 bits per heavy atom. The number of hydrogen-bond donors (Lipinski definition) is 0. The molecular weight excluding hydrogens is 368 g/mol. The average Bonchev–Trinajstić information content (AvgIpc) is 3.07. The Hall–Kier alpha value is -0.630. The van der Waals surface area contributed by atoms with E-state index in [4.69, 9.17) is 4.74 Å². The molecule has 0 spiro atoms. The van der Waals surface area contributed by atoms with E-state index in [1.54, 1.807) is 0 Å². The van der Waals surface area contributed by atoms with Gasteiger partial charge in [-0.25, -0.2) is 0 Å². The number of ether oxygens (including phenoxy) is 1. The van der Waals surface area contributed by atoms with Gasteiger partial charge in [0.1, 0.15) is 5.78 Å². The van der Waals surface area contributed by atoms with Crippen molar-refractivity contribution in [3.8, 4) is 0 Å². The van der Waals surface area contributed by atoms with E-state index in [9.17, 15) is 4.79 Å². The summed E-state index contributed by atoms with van der Waals surface area (Å²) in [7, 11) is 0. The second-order valence-electron chi connectivity index (χ2n) is 10.0. The summed E-state index contributed by atoms with van der Waals surface area (Å²) in [6, 6.07) is 0. The van der Waals surface area contributed by atoms with Gasteiger partial charge in [0.05, 0.1) is 6.10 Å². The van der Waals surface area contributed by atoms with Crippen molar-refractivity contribution in [1.82, 2.24) is 0 Å². The van der Waals surface area contributed by atoms with Crippen LogP contribution in [0.25, 0.3) is 0 Å². The maximum Gasteiger partial charge on any atom is 0.132 e. The number of unbranched alkanes of at least 4 members (excludes halogenated alkanes) is 11. The molecule has 0 amide bonds. The SMILES string of the molecule is CCCCCCCCC=CCCCCCCCC(=O)CCC(C)[C@H]1OC[C@@H](C)[C@@H]1C. The van der Waals surface area contributed by atoms with Crippen LogP contribution < -0.4 is 0 Å². The van der Waals surface area contributed by atoms with E-state index in [0.717, 1.165) is 32.3 Å². The molecule has 0 saturated carbocycles. The molecule has 176 valence electrons. The summed E-state index contributed by atoms with van der Waals surface area (Å²) < 4.78 is 5.95. The number of carbonyl (C=O) groups excluding carboxylic acids is 1. The Labute approximate surface area is 188 Å². The van der Waals surface area contributed by atoms with Gasteiger partial charge in [0.2, 0.25) is 0 Å². The molecule has 1 rings (SSSR count). The number of ketones is 1. The minimum atomic E-state index is 0.354. The molecule has 1 aliphatic rings. The Morgan fingerprint density at radius 2 is 1.43 bits per heavy atom. The van der Waals surface area contributed by atoms with Gasteiger partial charge in [-0.2, -0.15) is 0 Å². The molecule has 0 aromatic carbocycles. The molecule has 0 radical (unpaired) electrons. The zero-order valence-electron chi connectivity index (χ0n) is 20.8. The standard InChI is InChI=1S/C28H52O2/c1-5-6-7-8-9-10-11-12-13-14-15-16-17-18-19-20-27(29)22-21-24(2)28-26(4)25(3)23-30-28/h12-13,24-26,28H,5-11,14-23H2,1-4H3/t24?,25-,26+,28-/m1/s1. The molecule has 1 aliphatic heterocycles. The largest absolute Gasteiger partial charge is 0.377 e. The molecule has 1 fully saturated rings. The number of allylic oxidation sites excluding steroid dienone is 2. The summed E-state index contributed by atoms with van der Waals surface area (Å²) in [6.07, 6.45) is 24.6. The number of carbonyl (C=O) groups is 1. The molecule has 1 unspecified atom stereocenters. The molecule has 0 aromatic heterocycles. The van der Waals surface area contributed by atoms with Crippen molar-refractivity contribution in [3.63, 3.8) is 0 Å². The van der Waals surface area contributed by atoms with E-state index in [1.165, 1.54) is 77.0 Å². The first-order valence-electron chi connectivity index (χ1n) is 13.3. The fourth-order valence-corrected chi connectivity index (χ4v) is 4.64. The van der Waals surface area contributed by atoms with Crippen LogP contribution in [0.4, 0.5) is 0 Å². The Bertz CT molecular complexity index is 442. The number of rotatable bonds is 19. The average molecular weight is 421 g/mol. The molecule has 2 heteroatoms. The van der Waals surface area contributed by atoms with E-state index < -0.39 is 0 Å². The predicted octanol–water partition coefficient (Wildman–Crippen LogP) is 8.68. The predicted molar refractivity (Wildman–Crippen MR) is 131 cm³/mol. The zero-order valence-corrected chi connectivity index (χ0v) is 20.8. The second kappa shape index (κ2) is 18.0. The fraction of sp³-hybridized carbons (Fsp3) is 0.893. The molecule has 2 nitrogen and oxygen atoms in total. The normalized spacial score (nSPS) is 22.7. The van der Waals surface area contributed by atoms with E-state index >= 15 is 0 Å². The van der Waals surface area contributed by atoms with E-state index in [0.29, 0.717) is 29.6 Å². The van der Waals surface area contributed by atoms with Crippen molar-refractivity contribution in [2.24, 2.45) is 17.8 Å². The lowest BCUT2D eigenvalue weighted by molar-refractivity contribution is -0.119. The van der Waals surface area contributed by atoms with Crippen molar-refractivity contribution in [1.29, 1.82) is 0 Å². The van der Waals surface area contributed by atoms with Gasteiger partial charge >= 0.3 is 0 Å². The van der Waals surface area contributed by atoms with E-state index in [1.807, 2.05) is 0 Å². The van der Waals surface area contributed by atoms with Crippen LogP contribution in [0.3, 0.4) is 0 Å². The molecular formula is C28H52O2. The molecule has 1 saturated heterocycles. The highest BCUT2D eigenvalue weighted by atomic mass is 16.5. The molecule has 30 heavy (non-hydrogen) atoms. The van der Waals surface area contributed by atoms with Crippen molar-refractivity contribution in [2.45, 2.75) is 137 Å². The summed E-state index contributed by atoms with van der Waals surface area (Å²) in [6.45, 7) is 9.99. The maximum atomic E-state index is 12.2. The summed E-state index contributed by atoms with van der Waals surface area (Å²) in [5.74, 6) is 2.24. The first-order valence-corrected chi connectivity index (χ1v) is 13.3. The van der Waals surface area contributed by atoms with E-state index in [2.05, 4.69) is 39.8 Å². The highest BCUT2D eigenvalue weighted by Crippen LogP contribution is 2.32. The third kappa shape index (κ3) is 12.9. The Balaban J connectivity index is 1.87. The van der Waals surface area contributed by atoms with E-state index in [-0.39, 0.29) is 0 Å². The molecule has 0 aliphatic carbocycles. The van der Waals surface area contributed by atoms with Crippen LogP contribution in [-0.4, -0.2) is 18.5 Å². The third-order valence-electron chi connectivity index (χ3n) is 7.12. The lowest BCUT2D eigenvalue weighted by Crippen LogP contribution is -2.24. The van der Waals surface area contributed by atoms with Crippen LogP contribution in [0.5, 0.6) is 0 Å². The van der Waals surface area contributed by atoms with Gasteiger partial charge in [0, 0.05) is 19.4 Å². The van der Waals surface area contributed by atoms with Gasteiger partial charge in [-0.3, -0.25) is 4.79 Å². The van der Waals surface area contributed by atoms with Gasteiger partial charge in [-0.1, -0.05) is 91.2 Å². The van der Waals surface area contributed by atoms with Crippen LogP contribution in [0, 0.1) is 17.8 Å². The minimum Gasteiger partial charge on any atom is -0.377 e.